The van der Waals surface area contributed by atoms with Crippen LogP contribution in [0.25, 0.3) is 0 Å². The monoisotopic (exact) mass is 326 g/mol. The Bertz CT molecular complexity index is 692. The molecule has 2 aliphatic carbocycles. The van der Waals surface area contributed by atoms with Crippen LogP contribution in [0.3, 0.4) is 0 Å². The summed E-state index contributed by atoms with van der Waals surface area (Å²) in [7, 11) is 0. The van der Waals surface area contributed by atoms with Crippen molar-refractivity contribution in [1.82, 2.24) is 0 Å². The smallest absolute Gasteiger partial charge is 0.334 e. The first-order valence-corrected chi connectivity index (χ1v) is 8.29. The summed E-state index contributed by atoms with van der Waals surface area (Å²) in [4.78, 5) is 37.4. The summed E-state index contributed by atoms with van der Waals surface area (Å²) < 4.78 is 5.33. The quantitative estimate of drug-likeness (QED) is 0.631. The topological polar surface area (TPSA) is 60.4 Å². The van der Waals surface area contributed by atoms with Crippen LogP contribution in [0.4, 0.5) is 0 Å². The Kier molecular flexibility index (Phi) is 4.16. The van der Waals surface area contributed by atoms with Gasteiger partial charge in [0.05, 0.1) is 5.41 Å². The minimum atomic E-state index is -1.02. The molecule has 0 atom stereocenters. The van der Waals surface area contributed by atoms with Gasteiger partial charge in [0.1, 0.15) is 18.2 Å². The third kappa shape index (κ3) is 3.05. The number of esters is 1. The lowest BCUT2D eigenvalue weighted by Gasteiger charge is -2.38. The van der Waals surface area contributed by atoms with Crippen LogP contribution in [0.2, 0.25) is 0 Å². The maximum atomic E-state index is 12.6. The van der Waals surface area contributed by atoms with Gasteiger partial charge in [0.15, 0.2) is 0 Å². The highest BCUT2D eigenvalue weighted by Crippen LogP contribution is 2.48. The van der Waals surface area contributed by atoms with Crippen LogP contribution >= 0.6 is 0 Å². The van der Waals surface area contributed by atoms with E-state index in [2.05, 4.69) is 0 Å². The standard InChI is InChI=1S/C20H22O4/c1-19(2)11-16(21)20(17(22)12-19)9-8-15(10-20)18(23)24-13-14-6-4-3-5-7-14/h3-8H,9-13H2,1-2H3. The minimum absolute atomic E-state index is 0.0362. The SMILES string of the molecule is CC1(C)CC(=O)C2(CC=C(C(=O)OCc3ccccc3)C2)C(=O)C1. The van der Waals surface area contributed by atoms with Crippen molar-refractivity contribution in [2.24, 2.45) is 10.8 Å². The van der Waals surface area contributed by atoms with E-state index in [1.165, 1.54) is 0 Å². The zero-order valence-corrected chi connectivity index (χ0v) is 14.1. The Morgan fingerprint density at radius 1 is 1.04 bits per heavy atom. The third-order valence-corrected chi connectivity index (χ3v) is 5.01. The van der Waals surface area contributed by atoms with Crippen molar-refractivity contribution in [2.45, 2.75) is 46.1 Å². The Morgan fingerprint density at radius 3 is 2.29 bits per heavy atom. The molecule has 0 amide bonds. The number of ketones is 2. The van der Waals surface area contributed by atoms with Gasteiger partial charge in [-0.25, -0.2) is 4.79 Å². The molecule has 126 valence electrons. The van der Waals surface area contributed by atoms with Crippen LogP contribution in [0.1, 0.15) is 45.1 Å². The summed E-state index contributed by atoms with van der Waals surface area (Å²) in [6, 6.07) is 9.43. The second-order valence-corrected chi connectivity index (χ2v) is 7.62. The molecule has 0 N–H and O–H groups in total. The predicted octanol–water partition coefficient (Wildman–Crippen LogP) is 3.39. The largest absolute Gasteiger partial charge is 0.457 e. The molecule has 0 aliphatic heterocycles. The van der Waals surface area contributed by atoms with Gasteiger partial charge in [-0.2, -0.15) is 0 Å². The minimum Gasteiger partial charge on any atom is -0.457 e. The maximum Gasteiger partial charge on any atom is 0.334 e. The van der Waals surface area contributed by atoms with Crippen molar-refractivity contribution >= 4 is 17.5 Å². The van der Waals surface area contributed by atoms with E-state index in [1.807, 2.05) is 44.2 Å². The summed E-state index contributed by atoms with van der Waals surface area (Å²) >= 11 is 0. The van der Waals surface area contributed by atoms with Crippen molar-refractivity contribution in [2.75, 3.05) is 0 Å². The molecule has 0 saturated heterocycles. The number of carbonyl (C=O) groups excluding carboxylic acids is 3. The second kappa shape index (κ2) is 6.00. The maximum absolute atomic E-state index is 12.6. The van der Waals surface area contributed by atoms with E-state index in [9.17, 15) is 14.4 Å². The Morgan fingerprint density at radius 2 is 1.67 bits per heavy atom. The number of ether oxygens (including phenoxy) is 1. The van der Waals surface area contributed by atoms with Gasteiger partial charge in [-0.05, 0) is 23.8 Å². The summed E-state index contributed by atoms with van der Waals surface area (Å²) in [6.07, 6.45) is 3.00. The number of carbonyl (C=O) groups is 3. The van der Waals surface area contributed by atoms with E-state index in [0.29, 0.717) is 24.8 Å². The van der Waals surface area contributed by atoms with Crippen molar-refractivity contribution in [1.29, 1.82) is 0 Å². The van der Waals surface area contributed by atoms with Crippen molar-refractivity contribution < 1.29 is 19.1 Å². The molecule has 0 bridgehead atoms. The Hall–Kier alpha value is -2.23. The highest BCUT2D eigenvalue weighted by molar-refractivity contribution is 6.11. The lowest BCUT2D eigenvalue weighted by atomic mass is 9.62. The van der Waals surface area contributed by atoms with Crippen LogP contribution in [-0.4, -0.2) is 17.5 Å². The molecule has 4 nitrogen and oxygen atoms in total. The lowest BCUT2D eigenvalue weighted by Crippen LogP contribution is -2.46. The van der Waals surface area contributed by atoms with E-state index in [-0.39, 0.29) is 30.0 Å². The number of rotatable bonds is 3. The molecule has 1 aromatic rings. The van der Waals surface area contributed by atoms with Gasteiger partial charge in [-0.3, -0.25) is 9.59 Å². The lowest BCUT2D eigenvalue weighted by molar-refractivity contribution is -0.147. The summed E-state index contributed by atoms with van der Waals surface area (Å²) in [5.74, 6) is -0.502. The Balaban J connectivity index is 1.65. The summed E-state index contributed by atoms with van der Waals surface area (Å²) in [5.41, 5.74) is 0.0603. The van der Waals surface area contributed by atoms with E-state index in [0.717, 1.165) is 5.56 Å². The Labute approximate surface area is 141 Å². The van der Waals surface area contributed by atoms with Crippen LogP contribution in [0, 0.1) is 10.8 Å². The van der Waals surface area contributed by atoms with Crippen LogP contribution in [0.5, 0.6) is 0 Å². The fourth-order valence-electron chi connectivity index (χ4n) is 3.59. The molecule has 1 saturated carbocycles. The predicted molar refractivity (Wildman–Crippen MR) is 89.0 cm³/mol. The molecule has 24 heavy (non-hydrogen) atoms. The number of benzene rings is 1. The van der Waals surface area contributed by atoms with E-state index >= 15 is 0 Å². The van der Waals surface area contributed by atoms with Gasteiger partial charge in [-0.1, -0.05) is 50.3 Å². The molecule has 4 heteroatoms. The van der Waals surface area contributed by atoms with Gasteiger partial charge >= 0.3 is 5.97 Å². The normalized spacial score (nSPS) is 21.7. The molecule has 3 rings (SSSR count). The molecular formula is C20H22O4. The van der Waals surface area contributed by atoms with E-state index < -0.39 is 11.4 Å². The first-order valence-electron chi connectivity index (χ1n) is 8.29. The van der Waals surface area contributed by atoms with Crippen molar-refractivity contribution in [3.63, 3.8) is 0 Å². The molecule has 1 fully saturated rings. The van der Waals surface area contributed by atoms with E-state index in [1.54, 1.807) is 6.08 Å². The number of hydrogen-bond donors (Lipinski definition) is 0. The van der Waals surface area contributed by atoms with Crippen LogP contribution < -0.4 is 0 Å². The van der Waals surface area contributed by atoms with E-state index in [4.69, 9.17) is 4.74 Å². The fraction of sp³-hybridized carbons (Fsp3) is 0.450. The fourth-order valence-corrected chi connectivity index (χ4v) is 3.59. The van der Waals surface area contributed by atoms with Gasteiger partial charge in [-0.15, -0.1) is 0 Å². The third-order valence-electron chi connectivity index (χ3n) is 5.01. The van der Waals surface area contributed by atoms with Gasteiger partial charge < -0.3 is 4.74 Å². The molecule has 0 radical (unpaired) electrons. The number of Topliss-reactive ketones (excluding diaryl/α,β-unsaturated/α-hetero) is 2. The summed E-state index contributed by atoms with van der Waals surface area (Å²) in [5, 5.41) is 0. The van der Waals surface area contributed by atoms with Gasteiger partial charge in [0.2, 0.25) is 0 Å². The second-order valence-electron chi connectivity index (χ2n) is 7.62. The average molecular weight is 326 g/mol. The van der Waals surface area contributed by atoms with Crippen LogP contribution in [-0.2, 0) is 25.7 Å². The van der Waals surface area contributed by atoms with Crippen LogP contribution in [0.15, 0.2) is 42.0 Å². The van der Waals surface area contributed by atoms with Crippen molar-refractivity contribution in [3.05, 3.63) is 47.5 Å². The number of hydrogen-bond acceptors (Lipinski definition) is 4. The summed E-state index contributed by atoms with van der Waals surface area (Å²) in [6.45, 7) is 4.07. The van der Waals surface area contributed by atoms with Gasteiger partial charge in [0, 0.05) is 18.4 Å². The molecule has 0 unspecified atom stereocenters. The molecule has 0 aromatic heterocycles. The van der Waals surface area contributed by atoms with Crippen molar-refractivity contribution in [3.8, 4) is 0 Å². The molecule has 0 heterocycles. The highest BCUT2D eigenvalue weighted by atomic mass is 16.5. The molecule has 1 spiro atoms. The molecular weight excluding hydrogens is 304 g/mol. The van der Waals surface area contributed by atoms with Gasteiger partial charge in [0.25, 0.3) is 0 Å². The average Bonchev–Trinajstić information content (AvgIpc) is 2.98. The molecule has 1 aromatic carbocycles. The number of allylic oxidation sites excluding steroid dienone is 1. The highest BCUT2D eigenvalue weighted by Gasteiger charge is 2.54. The zero-order valence-electron chi connectivity index (χ0n) is 14.1. The molecule has 2 aliphatic rings. The zero-order chi connectivity index (χ0) is 17.4. The first-order chi connectivity index (χ1) is 11.3. The first kappa shape index (κ1) is 16.6.